The maximum Gasteiger partial charge on any atom is 0.251 e. The Balaban J connectivity index is 2.56. The first kappa shape index (κ1) is 13.5. The highest BCUT2D eigenvalue weighted by Gasteiger charge is 2.05. The topological polar surface area (TPSA) is 29.1 Å². The van der Waals surface area contributed by atoms with E-state index in [1.54, 1.807) is 0 Å². The van der Waals surface area contributed by atoms with Crippen LogP contribution in [0.25, 0.3) is 0 Å². The zero-order chi connectivity index (χ0) is 12.0. The SMILES string of the molecule is CC(C)c1ccc(C(=O)NCCCI)cc1. The van der Waals surface area contributed by atoms with E-state index < -0.39 is 0 Å². The van der Waals surface area contributed by atoms with Crippen LogP contribution in [-0.2, 0) is 0 Å². The number of rotatable bonds is 5. The van der Waals surface area contributed by atoms with E-state index in [0.29, 0.717) is 5.92 Å². The second-order valence-electron chi connectivity index (χ2n) is 4.08. The van der Waals surface area contributed by atoms with Crippen LogP contribution in [0.1, 0.15) is 42.1 Å². The second-order valence-corrected chi connectivity index (χ2v) is 5.15. The van der Waals surface area contributed by atoms with E-state index in [0.717, 1.165) is 23.0 Å². The van der Waals surface area contributed by atoms with Gasteiger partial charge in [-0.1, -0.05) is 48.6 Å². The minimum atomic E-state index is 0.0279. The Morgan fingerprint density at radius 1 is 1.31 bits per heavy atom. The molecule has 0 saturated carbocycles. The Hall–Kier alpha value is -0.580. The number of hydrogen-bond acceptors (Lipinski definition) is 1. The number of carbonyl (C=O) groups excluding carboxylic acids is 1. The molecule has 1 amide bonds. The smallest absolute Gasteiger partial charge is 0.251 e. The molecule has 0 aromatic heterocycles. The average Bonchev–Trinajstić information content (AvgIpc) is 2.29. The first-order valence-electron chi connectivity index (χ1n) is 5.59. The van der Waals surface area contributed by atoms with Crippen LogP contribution in [0.4, 0.5) is 0 Å². The summed E-state index contributed by atoms with van der Waals surface area (Å²) < 4.78 is 1.07. The molecule has 0 aliphatic carbocycles. The summed E-state index contributed by atoms with van der Waals surface area (Å²) in [5.74, 6) is 0.538. The largest absolute Gasteiger partial charge is 0.352 e. The molecule has 0 spiro atoms. The molecular weight excluding hydrogens is 313 g/mol. The van der Waals surface area contributed by atoms with Gasteiger partial charge in [-0.2, -0.15) is 0 Å². The average molecular weight is 331 g/mol. The molecule has 2 nitrogen and oxygen atoms in total. The molecule has 0 saturated heterocycles. The quantitative estimate of drug-likeness (QED) is 0.500. The van der Waals surface area contributed by atoms with Crippen molar-refractivity contribution in [2.75, 3.05) is 11.0 Å². The van der Waals surface area contributed by atoms with Crippen molar-refractivity contribution in [1.82, 2.24) is 5.32 Å². The summed E-state index contributed by atoms with van der Waals surface area (Å²) in [5, 5.41) is 2.90. The fraction of sp³-hybridized carbons (Fsp3) is 0.462. The second kappa shape index (κ2) is 6.89. The first-order valence-corrected chi connectivity index (χ1v) is 7.12. The van der Waals surface area contributed by atoms with Crippen molar-refractivity contribution in [2.24, 2.45) is 0 Å². The van der Waals surface area contributed by atoms with Crippen molar-refractivity contribution in [1.29, 1.82) is 0 Å². The lowest BCUT2D eigenvalue weighted by Crippen LogP contribution is -2.24. The van der Waals surface area contributed by atoms with Crippen LogP contribution in [0.3, 0.4) is 0 Å². The molecule has 3 heteroatoms. The summed E-state index contributed by atoms with van der Waals surface area (Å²) in [5.41, 5.74) is 2.02. The van der Waals surface area contributed by atoms with Crippen LogP contribution in [0.15, 0.2) is 24.3 Å². The molecular formula is C13H18INO. The lowest BCUT2D eigenvalue weighted by Gasteiger charge is -2.07. The lowest BCUT2D eigenvalue weighted by molar-refractivity contribution is 0.0954. The Labute approximate surface area is 111 Å². The fourth-order valence-corrected chi connectivity index (χ4v) is 1.77. The van der Waals surface area contributed by atoms with E-state index in [4.69, 9.17) is 0 Å². The van der Waals surface area contributed by atoms with Gasteiger partial charge in [0.05, 0.1) is 0 Å². The summed E-state index contributed by atoms with van der Waals surface area (Å²) in [6.45, 7) is 5.05. The highest BCUT2D eigenvalue weighted by atomic mass is 127. The van der Waals surface area contributed by atoms with Gasteiger partial charge in [0.25, 0.3) is 5.91 Å². The normalized spacial score (nSPS) is 10.5. The van der Waals surface area contributed by atoms with Gasteiger partial charge in [-0.15, -0.1) is 0 Å². The molecule has 1 N–H and O–H groups in total. The van der Waals surface area contributed by atoms with E-state index in [9.17, 15) is 4.79 Å². The molecule has 88 valence electrons. The van der Waals surface area contributed by atoms with Gasteiger partial charge < -0.3 is 5.32 Å². The molecule has 1 aromatic carbocycles. The summed E-state index contributed by atoms with van der Waals surface area (Å²) in [6.07, 6.45) is 1.02. The molecule has 0 aliphatic heterocycles. The van der Waals surface area contributed by atoms with Gasteiger partial charge in [0, 0.05) is 16.5 Å². The maximum absolute atomic E-state index is 11.7. The first-order chi connectivity index (χ1) is 7.65. The molecule has 0 aliphatic rings. The molecule has 1 rings (SSSR count). The van der Waals surface area contributed by atoms with Gasteiger partial charge in [0.2, 0.25) is 0 Å². The van der Waals surface area contributed by atoms with Crippen molar-refractivity contribution in [3.63, 3.8) is 0 Å². The predicted octanol–water partition coefficient (Wildman–Crippen LogP) is 3.36. The molecule has 0 radical (unpaired) electrons. The molecule has 0 heterocycles. The molecule has 0 fully saturated rings. The van der Waals surface area contributed by atoms with Crippen LogP contribution in [0, 0.1) is 0 Å². The standard InChI is InChI=1S/C13H18INO/c1-10(2)11-4-6-12(7-5-11)13(16)15-9-3-8-14/h4-7,10H,3,8-9H2,1-2H3,(H,15,16). The summed E-state index contributed by atoms with van der Waals surface area (Å²) in [6, 6.07) is 7.85. The van der Waals surface area contributed by atoms with Gasteiger partial charge in [0.1, 0.15) is 0 Å². The van der Waals surface area contributed by atoms with Gasteiger partial charge in [0.15, 0.2) is 0 Å². The van der Waals surface area contributed by atoms with Crippen LogP contribution >= 0.6 is 22.6 Å². The van der Waals surface area contributed by atoms with Gasteiger partial charge in [-0.3, -0.25) is 4.79 Å². The van der Waals surface area contributed by atoms with Gasteiger partial charge in [-0.25, -0.2) is 0 Å². The number of benzene rings is 1. The molecule has 1 aromatic rings. The summed E-state index contributed by atoms with van der Waals surface area (Å²) in [4.78, 5) is 11.7. The van der Waals surface area contributed by atoms with Crippen LogP contribution in [-0.4, -0.2) is 16.9 Å². The third-order valence-electron chi connectivity index (χ3n) is 2.44. The third kappa shape index (κ3) is 4.12. The minimum Gasteiger partial charge on any atom is -0.352 e. The highest BCUT2D eigenvalue weighted by molar-refractivity contribution is 14.1. The van der Waals surface area contributed by atoms with E-state index >= 15 is 0 Å². The Morgan fingerprint density at radius 2 is 1.94 bits per heavy atom. The summed E-state index contributed by atoms with van der Waals surface area (Å²) in [7, 11) is 0. The Morgan fingerprint density at radius 3 is 2.44 bits per heavy atom. The van der Waals surface area contributed by atoms with E-state index in [2.05, 4.69) is 41.8 Å². The minimum absolute atomic E-state index is 0.0279. The fourth-order valence-electron chi connectivity index (χ4n) is 1.39. The zero-order valence-corrected chi connectivity index (χ0v) is 12.0. The van der Waals surface area contributed by atoms with E-state index in [1.807, 2.05) is 24.3 Å². The lowest BCUT2D eigenvalue weighted by atomic mass is 10.0. The Kier molecular flexibility index (Phi) is 5.80. The highest BCUT2D eigenvalue weighted by Crippen LogP contribution is 2.14. The van der Waals surface area contributed by atoms with Crippen molar-refractivity contribution < 1.29 is 4.79 Å². The maximum atomic E-state index is 11.7. The molecule has 0 unspecified atom stereocenters. The van der Waals surface area contributed by atoms with Crippen LogP contribution in [0.2, 0.25) is 0 Å². The zero-order valence-electron chi connectivity index (χ0n) is 9.79. The van der Waals surface area contributed by atoms with Crippen molar-refractivity contribution in [3.05, 3.63) is 35.4 Å². The number of amides is 1. The van der Waals surface area contributed by atoms with E-state index in [1.165, 1.54) is 5.56 Å². The van der Waals surface area contributed by atoms with E-state index in [-0.39, 0.29) is 5.91 Å². The van der Waals surface area contributed by atoms with Crippen LogP contribution in [0.5, 0.6) is 0 Å². The number of halogens is 1. The monoisotopic (exact) mass is 331 g/mol. The van der Waals surface area contributed by atoms with Crippen LogP contribution < -0.4 is 5.32 Å². The van der Waals surface area contributed by atoms with Gasteiger partial charge >= 0.3 is 0 Å². The molecule has 0 atom stereocenters. The third-order valence-corrected chi connectivity index (χ3v) is 3.20. The number of alkyl halides is 1. The number of hydrogen-bond donors (Lipinski definition) is 1. The predicted molar refractivity (Wildman–Crippen MR) is 76.4 cm³/mol. The summed E-state index contributed by atoms with van der Waals surface area (Å²) >= 11 is 2.31. The molecule has 0 bridgehead atoms. The number of carbonyl (C=O) groups is 1. The number of nitrogens with one attached hydrogen (secondary N) is 1. The van der Waals surface area contributed by atoms with Crippen molar-refractivity contribution in [3.8, 4) is 0 Å². The Bertz CT molecular complexity index is 332. The van der Waals surface area contributed by atoms with Crippen molar-refractivity contribution >= 4 is 28.5 Å². The van der Waals surface area contributed by atoms with Crippen molar-refractivity contribution in [2.45, 2.75) is 26.2 Å². The molecule has 16 heavy (non-hydrogen) atoms. The van der Waals surface area contributed by atoms with Gasteiger partial charge in [-0.05, 0) is 30.0 Å².